The molecule has 3 aliphatic rings. The van der Waals surface area contributed by atoms with Crippen LogP contribution in [0.3, 0.4) is 0 Å². The minimum absolute atomic E-state index is 0.0438. The molecule has 27 heavy (non-hydrogen) atoms. The van der Waals surface area contributed by atoms with Crippen LogP contribution in [0.5, 0.6) is 0 Å². The molecule has 1 unspecified atom stereocenters. The lowest BCUT2D eigenvalue weighted by Gasteiger charge is -2.61. The maximum absolute atomic E-state index is 13.4. The minimum Gasteiger partial charge on any atom is -0.342 e. The van der Waals surface area contributed by atoms with Crippen molar-refractivity contribution >= 4 is 11.8 Å². The van der Waals surface area contributed by atoms with Gasteiger partial charge < -0.3 is 9.80 Å². The van der Waals surface area contributed by atoms with Gasteiger partial charge in [-0.3, -0.25) is 14.6 Å². The Morgan fingerprint density at radius 2 is 1.74 bits per heavy atom. The van der Waals surface area contributed by atoms with Crippen molar-refractivity contribution in [3.8, 4) is 0 Å². The average molecular weight is 370 g/mol. The fourth-order valence-corrected chi connectivity index (χ4v) is 5.49. The summed E-state index contributed by atoms with van der Waals surface area (Å²) in [5.41, 5.74) is 1.04. The van der Waals surface area contributed by atoms with E-state index in [0.29, 0.717) is 5.91 Å². The first-order valence-corrected chi connectivity index (χ1v) is 10.6. The van der Waals surface area contributed by atoms with Gasteiger partial charge in [0.25, 0.3) is 0 Å². The van der Waals surface area contributed by atoms with Gasteiger partial charge in [-0.15, -0.1) is 0 Å². The number of piperidine rings is 1. The van der Waals surface area contributed by atoms with E-state index in [4.69, 9.17) is 0 Å². The predicted molar refractivity (Wildman–Crippen MR) is 104 cm³/mol. The van der Waals surface area contributed by atoms with Gasteiger partial charge in [0.15, 0.2) is 0 Å². The molecule has 0 bridgehead atoms. The standard InChI is InChI=1S/C22H31N3O2/c1-16(2)20(26)24-14-8-18(9-15-24)25-19(17-6-12-23-13-7-17)22(21(25)27)10-4-3-5-11-22/h6-7,12-13,16,18-19H,3-5,8-11,14-15H2,1-2H3. The van der Waals surface area contributed by atoms with E-state index in [1.807, 2.05) is 31.1 Å². The number of rotatable bonds is 3. The van der Waals surface area contributed by atoms with Gasteiger partial charge in [0, 0.05) is 37.4 Å². The fourth-order valence-electron chi connectivity index (χ4n) is 5.49. The topological polar surface area (TPSA) is 53.5 Å². The number of carbonyl (C=O) groups is 2. The van der Waals surface area contributed by atoms with E-state index < -0.39 is 0 Å². The smallest absolute Gasteiger partial charge is 0.232 e. The van der Waals surface area contributed by atoms with E-state index >= 15 is 0 Å². The molecule has 0 aromatic carbocycles. The Bertz CT molecular complexity index is 689. The molecule has 5 heteroatoms. The molecule has 4 rings (SSSR count). The van der Waals surface area contributed by atoms with Crippen LogP contribution in [-0.4, -0.2) is 45.7 Å². The largest absolute Gasteiger partial charge is 0.342 e. The van der Waals surface area contributed by atoms with Crippen LogP contribution in [0.4, 0.5) is 0 Å². The number of nitrogens with zero attached hydrogens (tertiary/aromatic N) is 3. The lowest BCUT2D eigenvalue weighted by atomic mass is 9.59. The van der Waals surface area contributed by atoms with Crippen molar-refractivity contribution in [2.75, 3.05) is 13.1 Å². The van der Waals surface area contributed by atoms with E-state index in [9.17, 15) is 9.59 Å². The highest BCUT2D eigenvalue weighted by molar-refractivity contribution is 5.91. The highest BCUT2D eigenvalue weighted by Crippen LogP contribution is 2.59. The van der Waals surface area contributed by atoms with Gasteiger partial charge in [0.05, 0.1) is 11.5 Å². The zero-order valence-corrected chi connectivity index (χ0v) is 16.6. The number of β-lactam (4-membered cyclic amide) rings is 1. The number of hydrogen-bond acceptors (Lipinski definition) is 3. The summed E-state index contributed by atoms with van der Waals surface area (Å²) in [7, 11) is 0. The number of pyridine rings is 1. The molecule has 1 aromatic rings. The molecule has 1 spiro atoms. The van der Waals surface area contributed by atoms with Gasteiger partial charge in [-0.05, 0) is 43.4 Å². The highest BCUT2D eigenvalue weighted by atomic mass is 16.2. The third-order valence-corrected chi connectivity index (χ3v) is 6.89. The van der Waals surface area contributed by atoms with Crippen molar-refractivity contribution in [1.82, 2.24) is 14.8 Å². The molecule has 1 atom stereocenters. The summed E-state index contributed by atoms with van der Waals surface area (Å²) >= 11 is 0. The molecule has 5 nitrogen and oxygen atoms in total. The van der Waals surface area contributed by atoms with Crippen LogP contribution in [-0.2, 0) is 9.59 Å². The molecule has 3 heterocycles. The maximum atomic E-state index is 13.4. The number of carbonyl (C=O) groups excluding carboxylic acids is 2. The summed E-state index contributed by atoms with van der Waals surface area (Å²) in [5, 5.41) is 0. The Kier molecular flexibility index (Phi) is 4.95. The molecule has 1 aliphatic carbocycles. The monoisotopic (exact) mass is 369 g/mol. The lowest BCUT2D eigenvalue weighted by molar-refractivity contribution is -0.186. The van der Waals surface area contributed by atoms with Gasteiger partial charge in [0.2, 0.25) is 11.8 Å². The number of hydrogen-bond donors (Lipinski definition) is 0. The summed E-state index contributed by atoms with van der Waals surface area (Å²) in [6.07, 6.45) is 11.1. The summed E-state index contributed by atoms with van der Waals surface area (Å²) < 4.78 is 0. The van der Waals surface area contributed by atoms with E-state index in [1.54, 1.807) is 0 Å². The van der Waals surface area contributed by atoms with Crippen LogP contribution in [0.2, 0.25) is 0 Å². The zero-order valence-electron chi connectivity index (χ0n) is 16.6. The molecule has 2 aliphatic heterocycles. The van der Waals surface area contributed by atoms with Crippen molar-refractivity contribution in [1.29, 1.82) is 0 Å². The van der Waals surface area contributed by atoms with Crippen molar-refractivity contribution < 1.29 is 9.59 Å². The zero-order chi connectivity index (χ0) is 19.0. The van der Waals surface area contributed by atoms with Crippen LogP contribution in [0, 0.1) is 11.3 Å². The predicted octanol–water partition coefficient (Wildman–Crippen LogP) is 3.56. The molecule has 0 N–H and O–H groups in total. The van der Waals surface area contributed by atoms with Gasteiger partial charge >= 0.3 is 0 Å². The fraction of sp³-hybridized carbons (Fsp3) is 0.682. The van der Waals surface area contributed by atoms with Crippen LogP contribution >= 0.6 is 0 Å². The lowest BCUT2D eigenvalue weighted by Crippen LogP contribution is -2.67. The third kappa shape index (κ3) is 3.05. The molecule has 146 valence electrons. The van der Waals surface area contributed by atoms with E-state index in [2.05, 4.69) is 22.0 Å². The van der Waals surface area contributed by atoms with E-state index in [1.165, 1.54) is 12.0 Å². The van der Waals surface area contributed by atoms with E-state index in [-0.39, 0.29) is 29.3 Å². The first kappa shape index (κ1) is 18.5. The van der Waals surface area contributed by atoms with Gasteiger partial charge in [0.1, 0.15) is 0 Å². The summed E-state index contributed by atoms with van der Waals surface area (Å²) in [6, 6.07) is 4.60. The second kappa shape index (κ2) is 7.25. The number of likely N-dealkylation sites (tertiary alicyclic amines) is 2. The number of aromatic nitrogens is 1. The van der Waals surface area contributed by atoms with Crippen molar-refractivity contribution in [3.63, 3.8) is 0 Å². The van der Waals surface area contributed by atoms with E-state index in [0.717, 1.165) is 51.6 Å². The molecule has 2 amide bonds. The Morgan fingerprint density at radius 3 is 2.33 bits per heavy atom. The third-order valence-electron chi connectivity index (χ3n) is 6.89. The minimum atomic E-state index is -0.190. The molecule has 1 saturated carbocycles. The van der Waals surface area contributed by atoms with Crippen molar-refractivity contribution in [3.05, 3.63) is 30.1 Å². The number of amides is 2. The SMILES string of the molecule is CC(C)C(=O)N1CCC(N2C(=O)C3(CCCCC3)C2c2ccncc2)CC1. The Balaban J connectivity index is 1.54. The van der Waals surface area contributed by atoms with Gasteiger partial charge in [-0.2, -0.15) is 0 Å². The first-order chi connectivity index (χ1) is 13.0. The highest BCUT2D eigenvalue weighted by Gasteiger charge is 2.62. The molecular weight excluding hydrogens is 338 g/mol. The van der Waals surface area contributed by atoms with Crippen LogP contribution in [0.25, 0.3) is 0 Å². The van der Waals surface area contributed by atoms with Gasteiger partial charge in [-0.25, -0.2) is 0 Å². The average Bonchev–Trinajstić information content (AvgIpc) is 2.72. The van der Waals surface area contributed by atoms with Crippen LogP contribution in [0.1, 0.15) is 70.4 Å². The quantitative estimate of drug-likeness (QED) is 0.766. The first-order valence-electron chi connectivity index (χ1n) is 10.6. The second-order valence-corrected chi connectivity index (χ2v) is 8.82. The molecule has 0 radical (unpaired) electrons. The maximum Gasteiger partial charge on any atom is 0.232 e. The van der Waals surface area contributed by atoms with Crippen molar-refractivity contribution in [2.24, 2.45) is 11.3 Å². The normalized spacial score (nSPS) is 25.7. The molecule has 1 aromatic heterocycles. The molecule has 3 fully saturated rings. The Hall–Kier alpha value is -1.91. The summed E-state index contributed by atoms with van der Waals surface area (Å²) in [4.78, 5) is 34.0. The van der Waals surface area contributed by atoms with Crippen molar-refractivity contribution in [2.45, 2.75) is 70.9 Å². The Labute approximate surface area is 162 Å². The van der Waals surface area contributed by atoms with Crippen LogP contribution in [0.15, 0.2) is 24.5 Å². The van der Waals surface area contributed by atoms with Crippen LogP contribution < -0.4 is 0 Å². The van der Waals surface area contributed by atoms with Gasteiger partial charge in [-0.1, -0.05) is 33.1 Å². The summed E-state index contributed by atoms with van der Waals surface area (Å²) in [5.74, 6) is 0.637. The molecule has 2 saturated heterocycles. The Morgan fingerprint density at radius 1 is 1.11 bits per heavy atom. The summed E-state index contributed by atoms with van der Waals surface area (Å²) in [6.45, 7) is 5.45. The molecular formula is C22H31N3O2. The second-order valence-electron chi connectivity index (χ2n) is 8.82.